The van der Waals surface area contributed by atoms with Crippen LogP contribution < -0.4 is 10.1 Å². The lowest BCUT2D eigenvalue weighted by atomic mass is 9.95. The Kier molecular flexibility index (Phi) is 6.92. The van der Waals surface area contributed by atoms with E-state index in [-0.39, 0.29) is 16.7 Å². The topological polar surface area (TPSA) is 75.7 Å². The molecular formula is C22H28N2O4S. The van der Waals surface area contributed by atoms with Crippen molar-refractivity contribution >= 4 is 21.6 Å². The number of ether oxygens (including phenoxy) is 1. The van der Waals surface area contributed by atoms with Crippen LogP contribution in [0.5, 0.6) is 5.75 Å². The number of sulfonamides is 1. The summed E-state index contributed by atoms with van der Waals surface area (Å²) in [6.07, 6.45) is 2.36. The van der Waals surface area contributed by atoms with Gasteiger partial charge in [-0.2, -0.15) is 4.31 Å². The lowest BCUT2D eigenvalue weighted by Gasteiger charge is -2.20. The first kappa shape index (κ1) is 21.3. The number of carbonyl (C=O) groups excluding carboxylic acids is 1. The lowest BCUT2D eigenvalue weighted by molar-refractivity contribution is -0.117. The molecule has 0 bridgehead atoms. The molecular weight excluding hydrogens is 388 g/mol. The van der Waals surface area contributed by atoms with Crippen LogP contribution in [-0.2, 0) is 14.8 Å². The third-order valence-electron chi connectivity index (χ3n) is 5.12. The van der Waals surface area contributed by atoms with Crippen LogP contribution in [0, 0.1) is 0 Å². The van der Waals surface area contributed by atoms with Gasteiger partial charge in [0.1, 0.15) is 10.6 Å². The van der Waals surface area contributed by atoms with E-state index in [9.17, 15) is 13.2 Å². The highest BCUT2D eigenvalue weighted by Gasteiger charge is 2.30. The largest absolute Gasteiger partial charge is 0.492 e. The van der Waals surface area contributed by atoms with Gasteiger partial charge in [-0.3, -0.25) is 4.79 Å². The number of rotatable bonds is 8. The van der Waals surface area contributed by atoms with Crippen molar-refractivity contribution < 1.29 is 17.9 Å². The van der Waals surface area contributed by atoms with E-state index in [1.165, 1.54) is 10.4 Å². The molecule has 7 heteroatoms. The third-order valence-corrected chi connectivity index (χ3v) is 7.04. The fourth-order valence-corrected chi connectivity index (χ4v) is 5.29. The smallest absolute Gasteiger partial charge is 0.246 e. The van der Waals surface area contributed by atoms with Crippen molar-refractivity contribution in [2.45, 2.75) is 43.9 Å². The second-order valence-electron chi connectivity index (χ2n) is 7.07. The van der Waals surface area contributed by atoms with E-state index in [0.29, 0.717) is 37.6 Å². The van der Waals surface area contributed by atoms with Crippen LogP contribution in [0.1, 0.15) is 44.6 Å². The third kappa shape index (κ3) is 4.79. The van der Waals surface area contributed by atoms with Crippen molar-refractivity contribution in [1.82, 2.24) is 4.31 Å². The molecule has 156 valence electrons. The van der Waals surface area contributed by atoms with E-state index in [0.717, 1.165) is 18.4 Å². The Labute approximate surface area is 172 Å². The molecule has 0 aromatic heterocycles. The quantitative estimate of drug-likeness (QED) is 0.706. The van der Waals surface area contributed by atoms with E-state index in [2.05, 4.69) is 5.32 Å². The molecule has 1 saturated heterocycles. The first-order valence-electron chi connectivity index (χ1n) is 10.1. The molecule has 2 aromatic carbocycles. The summed E-state index contributed by atoms with van der Waals surface area (Å²) in [5.41, 5.74) is 1.38. The maximum absolute atomic E-state index is 13.1. The average molecular weight is 417 g/mol. The minimum Gasteiger partial charge on any atom is -0.492 e. The van der Waals surface area contributed by atoms with Gasteiger partial charge in [-0.1, -0.05) is 37.3 Å². The van der Waals surface area contributed by atoms with Crippen LogP contribution in [0.2, 0.25) is 0 Å². The zero-order valence-electron chi connectivity index (χ0n) is 16.9. The molecule has 1 N–H and O–H groups in total. The van der Waals surface area contributed by atoms with Crippen LogP contribution in [-0.4, -0.2) is 38.3 Å². The molecule has 1 atom stereocenters. The Balaban J connectivity index is 1.89. The molecule has 1 heterocycles. The molecule has 1 fully saturated rings. The van der Waals surface area contributed by atoms with Gasteiger partial charge in [0, 0.05) is 18.8 Å². The monoisotopic (exact) mass is 416 g/mol. The summed E-state index contributed by atoms with van der Waals surface area (Å²) in [6.45, 7) is 5.15. The van der Waals surface area contributed by atoms with Gasteiger partial charge < -0.3 is 10.1 Å². The molecule has 3 rings (SSSR count). The summed E-state index contributed by atoms with van der Waals surface area (Å²) in [5.74, 6) is -0.152. The fraction of sp³-hybridized carbons (Fsp3) is 0.409. The first-order valence-corrected chi connectivity index (χ1v) is 11.5. The Morgan fingerprint density at radius 3 is 2.41 bits per heavy atom. The minimum atomic E-state index is -3.67. The molecule has 0 unspecified atom stereocenters. The summed E-state index contributed by atoms with van der Waals surface area (Å²) in [6, 6.07) is 14.4. The highest BCUT2D eigenvalue weighted by molar-refractivity contribution is 7.89. The van der Waals surface area contributed by atoms with Gasteiger partial charge in [0.25, 0.3) is 0 Å². The zero-order chi connectivity index (χ0) is 20.9. The zero-order valence-corrected chi connectivity index (χ0v) is 17.7. The van der Waals surface area contributed by atoms with Crippen molar-refractivity contribution in [2.24, 2.45) is 0 Å². The number of hydrogen-bond donors (Lipinski definition) is 1. The Morgan fingerprint density at radius 1 is 1.10 bits per heavy atom. The second kappa shape index (κ2) is 9.41. The summed E-state index contributed by atoms with van der Waals surface area (Å²) < 4.78 is 33.3. The molecule has 29 heavy (non-hydrogen) atoms. The number of nitrogens with one attached hydrogen (secondary N) is 1. The normalized spacial score (nSPS) is 15.8. The molecule has 1 amide bonds. The molecule has 0 spiro atoms. The number of nitrogens with zero attached hydrogens (tertiary/aromatic N) is 1. The van der Waals surface area contributed by atoms with Crippen LogP contribution >= 0.6 is 0 Å². The average Bonchev–Trinajstić information content (AvgIpc) is 3.26. The predicted molar refractivity (Wildman–Crippen MR) is 114 cm³/mol. The first-order chi connectivity index (χ1) is 14.0. The minimum absolute atomic E-state index is 0.104. The number of carbonyl (C=O) groups is 1. The van der Waals surface area contributed by atoms with Crippen LogP contribution in [0.4, 0.5) is 5.69 Å². The summed E-state index contributed by atoms with van der Waals surface area (Å²) in [7, 11) is -3.67. The summed E-state index contributed by atoms with van der Waals surface area (Å²) in [5, 5.41) is 2.89. The van der Waals surface area contributed by atoms with Gasteiger partial charge in [0.15, 0.2) is 0 Å². The van der Waals surface area contributed by atoms with Crippen molar-refractivity contribution in [1.29, 1.82) is 0 Å². The van der Waals surface area contributed by atoms with E-state index in [1.54, 1.807) is 12.1 Å². The van der Waals surface area contributed by atoms with E-state index < -0.39 is 10.0 Å². The van der Waals surface area contributed by atoms with E-state index in [4.69, 9.17) is 4.74 Å². The fourth-order valence-electron chi connectivity index (χ4n) is 3.62. The van der Waals surface area contributed by atoms with Gasteiger partial charge in [-0.25, -0.2) is 8.42 Å². The molecule has 0 saturated carbocycles. The summed E-state index contributed by atoms with van der Waals surface area (Å²) in [4.78, 5) is 13.0. The number of amides is 1. The maximum Gasteiger partial charge on any atom is 0.246 e. The SMILES string of the molecule is CCOc1ccc(NC(=O)[C@H](CC)c2ccccc2)cc1S(=O)(=O)N1CCCC1. The highest BCUT2D eigenvalue weighted by atomic mass is 32.2. The molecule has 1 aliphatic rings. The van der Waals surface area contributed by atoms with Crippen LogP contribution in [0.15, 0.2) is 53.4 Å². The van der Waals surface area contributed by atoms with Gasteiger partial charge in [-0.05, 0) is 49.9 Å². The molecule has 0 radical (unpaired) electrons. The summed E-state index contributed by atoms with van der Waals surface area (Å²) >= 11 is 0. The van der Waals surface area contributed by atoms with E-state index >= 15 is 0 Å². The maximum atomic E-state index is 13.1. The molecule has 6 nitrogen and oxygen atoms in total. The van der Waals surface area contributed by atoms with Gasteiger partial charge in [0.05, 0.1) is 12.5 Å². The van der Waals surface area contributed by atoms with Crippen molar-refractivity contribution in [3.63, 3.8) is 0 Å². The van der Waals surface area contributed by atoms with Crippen molar-refractivity contribution in [2.75, 3.05) is 25.0 Å². The van der Waals surface area contributed by atoms with Gasteiger partial charge >= 0.3 is 0 Å². The van der Waals surface area contributed by atoms with Crippen LogP contribution in [0.3, 0.4) is 0 Å². The highest BCUT2D eigenvalue weighted by Crippen LogP contribution is 2.32. The number of hydrogen-bond acceptors (Lipinski definition) is 4. The Morgan fingerprint density at radius 2 is 1.79 bits per heavy atom. The van der Waals surface area contributed by atoms with Crippen molar-refractivity contribution in [3.05, 3.63) is 54.1 Å². The van der Waals surface area contributed by atoms with Crippen molar-refractivity contribution in [3.8, 4) is 5.75 Å². The molecule has 0 aliphatic carbocycles. The number of anilines is 1. The standard InChI is InChI=1S/C22H28N2O4S/c1-3-19(17-10-6-5-7-11-17)22(25)23-18-12-13-20(28-4-2)21(16-18)29(26,27)24-14-8-9-15-24/h5-7,10-13,16,19H,3-4,8-9,14-15H2,1-2H3,(H,23,25)/t19-/m1/s1. The van der Waals surface area contributed by atoms with Gasteiger partial charge in [-0.15, -0.1) is 0 Å². The van der Waals surface area contributed by atoms with Gasteiger partial charge in [0.2, 0.25) is 15.9 Å². The predicted octanol–water partition coefficient (Wildman–Crippen LogP) is 4.00. The Hall–Kier alpha value is -2.38. The molecule has 2 aromatic rings. The second-order valence-corrected chi connectivity index (χ2v) is 8.97. The molecule has 1 aliphatic heterocycles. The van der Waals surface area contributed by atoms with Crippen LogP contribution in [0.25, 0.3) is 0 Å². The van der Waals surface area contributed by atoms with E-state index in [1.807, 2.05) is 44.2 Å². The lowest BCUT2D eigenvalue weighted by Crippen LogP contribution is -2.28. The number of benzene rings is 2. The Bertz CT molecular complexity index is 939.